The van der Waals surface area contributed by atoms with Crippen molar-refractivity contribution in [2.75, 3.05) is 0 Å². The molecule has 1 nitrogen and oxygen atoms in total. The maximum absolute atomic E-state index is 8.88. The number of aromatic nitrogens is 1. The topological polar surface area (TPSA) is 3.88 Å². The Bertz CT molecular complexity index is 1100. The molecule has 0 N–H and O–H groups in total. The van der Waals surface area contributed by atoms with E-state index in [0.717, 1.165) is 11.1 Å². The van der Waals surface area contributed by atoms with Gasteiger partial charge in [-0.15, -0.1) is 0 Å². The summed E-state index contributed by atoms with van der Waals surface area (Å²) in [7, 11) is 2.12. The first-order valence-electron chi connectivity index (χ1n) is 11.8. The minimum absolute atomic E-state index is 0.495. The molecule has 3 aromatic rings. The summed E-state index contributed by atoms with van der Waals surface area (Å²) >= 11 is 0. The van der Waals surface area contributed by atoms with Gasteiger partial charge in [-0.2, -0.15) is 4.57 Å². The monoisotopic (exact) mass is 387 g/mol. The van der Waals surface area contributed by atoms with E-state index in [0.29, 0.717) is 17.9 Å². The molecule has 0 spiro atoms. The summed E-state index contributed by atoms with van der Waals surface area (Å²) in [4.78, 5) is 0. The molecule has 0 atom stereocenters. The van der Waals surface area contributed by atoms with Crippen LogP contribution in [0.15, 0.2) is 36.4 Å². The molecule has 1 saturated carbocycles. The summed E-state index contributed by atoms with van der Waals surface area (Å²) in [5, 5.41) is 2.31. The molecule has 1 aromatic heterocycles. The van der Waals surface area contributed by atoms with Crippen LogP contribution in [0, 0.1) is 20.8 Å². The van der Waals surface area contributed by atoms with Crippen LogP contribution in [-0.4, -0.2) is 0 Å². The fraction of sp³-hybridized carbons (Fsp3) is 0.464. The number of benzene rings is 2. The zero-order valence-electron chi connectivity index (χ0n) is 20.0. The molecule has 1 aliphatic rings. The molecule has 4 rings (SSSR count). The third-order valence-corrected chi connectivity index (χ3v) is 7.14. The maximum atomic E-state index is 8.88. The summed E-state index contributed by atoms with van der Waals surface area (Å²) < 4.78 is 11.1. The van der Waals surface area contributed by atoms with E-state index in [-0.39, 0.29) is 0 Å². The molecule has 0 radical (unpaired) electrons. The van der Waals surface area contributed by atoms with Crippen LogP contribution in [0.25, 0.3) is 22.0 Å². The second-order valence-corrected chi connectivity index (χ2v) is 9.42. The number of hydrogen-bond acceptors (Lipinski definition) is 0. The molecular weight excluding hydrogens is 350 g/mol. The number of fused-ring (bicyclic) bond motifs is 1. The smallest absolute Gasteiger partial charge is 0.198 e. The summed E-state index contributed by atoms with van der Waals surface area (Å²) in [6, 6.07) is 12.3. The van der Waals surface area contributed by atoms with Crippen LogP contribution in [0.4, 0.5) is 0 Å². The Morgan fingerprint density at radius 1 is 1.00 bits per heavy atom. The quantitative estimate of drug-likeness (QED) is 0.411. The van der Waals surface area contributed by atoms with Crippen molar-refractivity contribution in [3.05, 3.63) is 64.3 Å². The van der Waals surface area contributed by atoms with Gasteiger partial charge in [-0.05, 0) is 78.3 Å². The van der Waals surface area contributed by atoms with Gasteiger partial charge < -0.3 is 0 Å². The average Bonchev–Trinajstić information content (AvgIpc) is 2.75. The number of nitrogens with zero attached hydrogens (tertiary/aromatic N) is 1. The highest BCUT2D eigenvalue weighted by atomic mass is 14.9. The van der Waals surface area contributed by atoms with Gasteiger partial charge in [0.1, 0.15) is 7.05 Å². The molecule has 1 fully saturated rings. The molecule has 1 heteroatoms. The second kappa shape index (κ2) is 7.94. The Morgan fingerprint density at radius 2 is 1.72 bits per heavy atom. The Balaban J connectivity index is 1.99. The van der Waals surface area contributed by atoms with Crippen molar-refractivity contribution in [1.29, 1.82) is 0 Å². The Kier molecular flexibility index (Phi) is 5.16. The van der Waals surface area contributed by atoms with Gasteiger partial charge in [0.25, 0.3) is 0 Å². The van der Waals surface area contributed by atoms with Crippen molar-refractivity contribution < 1.29 is 5.94 Å². The van der Waals surface area contributed by atoms with Crippen LogP contribution < -0.4 is 4.57 Å². The van der Waals surface area contributed by atoms with Gasteiger partial charge in [-0.3, -0.25) is 0 Å². The number of hydrogen-bond donors (Lipinski definition) is 0. The molecule has 0 amide bonds. The standard InChI is InChI=1S/C28H36N/c1-18(2)24-14-19(3)21(5)27(17-24)28-26-13-12-23(22-10-8-7-9-11-22)16-25(26)15-20(4)29(28)6/h12-18,22H,7-11H2,1-6H3/q+1/i15D. The van der Waals surface area contributed by atoms with Crippen LogP contribution in [0.2, 0.25) is 0 Å². The third-order valence-electron chi connectivity index (χ3n) is 7.14. The first-order valence-corrected chi connectivity index (χ1v) is 11.3. The van der Waals surface area contributed by atoms with Crippen LogP contribution in [0.5, 0.6) is 0 Å². The first kappa shape index (κ1) is 18.9. The van der Waals surface area contributed by atoms with Crippen molar-refractivity contribution in [1.82, 2.24) is 0 Å². The zero-order valence-corrected chi connectivity index (χ0v) is 19.0. The maximum Gasteiger partial charge on any atom is 0.220 e. The van der Waals surface area contributed by atoms with E-state index in [2.05, 4.69) is 76.6 Å². The molecule has 29 heavy (non-hydrogen) atoms. The molecule has 0 aliphatic heterocycles. The van der Waals surface area contributed by atoms with Crippen LogP contribution in [-0.2, 0) is 7.05 Å². The highest BCUT2D eigenvalue weighted by molar-refractivity contribution is 5.94. The summed E-state index contributed by atoms with van der Waals surface area (Å²) in [6.07, 6.45) is 6.63. The first-order chi connectivity index (χ1) is 14.3. The highest BCUT2D eigenvalue weighted by Gasteiger charge is 2.23. The minimum Gasteiger partial charge on any atom is -0.198 e. The predicted molar refractivity (Wildman–Crippen MR) is 125 cm³/mol. The molecule has 0 saturated heterocycles. The van der Waals surface area contributed by atoms with Gasteiger partial charge in [0, 0.05) is 13.0 Å². The molecule has 2 aromatic carbocycles. The molecule has 0 bridgehead atoms. The van der Waals surface area contributed by atoms with E-state index >= 15 is 0 Å². The minimum atomic E-state index is 0.495. The van der Waals surface area contributed by atoms with Crippen molar-refractivity contribution in [2.24, 2.45) is 7.05 Å². The van der Waals surface area contributed by atoms with E-state index in [4.69, 9.17) is 1.37 Å². The number of pyridine rings is 1. The molecule has 1 heterocycles. The lowest BCUT2D eigenvalue weighted by atomic mass is 9.83. The molecule has 0 unspecified atom stereocenters. The Labute approximate surface area is 178 Å². The molecule has 1 aliphatic carbocycles. The predicted octanol–water partition coefficient (Wildman–Crippen LogP) is 7.43. The number of rotatable bonds is 3. The SMILES string of the molecule is [2H]c1c(C)[n+](C)c(-c2cc(C(C)C)cc(C)c2C)c2ccc(C3CCCCC3)cc12. The second-order valence-electron chi connectivity index (χ2n) is 9.42. The Morgan fingerprint density at radius 3 is 2.41 bits per heavy atom. The van der Waals surface area contributed by atoms with Crippen molar-refractivity contribution in [3.8, 4) is 11.3 Å². The molecule has 152 valence electrons. The van der Waals surface area contributed by atoms with Gasteiger partial charge in [0.15, 0.2) is 5.69 Å². The van der Waals surface area contributed by atoms with Gasteiger partial charge in [-0.1, -0.05) is 51.3 Å². The van der Waals surface area contributed by atoms with Gasteiger partial charge >= 0.3 is 0 Å². The lowest BCUT2D eigenvalue weighted by Crippen LogP contribution is -2.35. The van der Waals surface area contributed by atoms with Gasteiger partial charge in [0.05, 0.1) is 12.3 Å². The Hall–Kier alpha value is -2.15. The van der Waals surface area contributed by atoms with Gasteiger partial charge in [-0.25, -0.2) is 0 Å². The lowest BCUT2D eigenvalue weighted by molar-refractivity contribution is -0.665. The fourth-order valence-electron chi connectivity index (χ4n) is 4.98. The van der Waals surface area contributed by atoms with Crippen LogP contribution in [0.1, 0.15) is 87.1 Å². The van der Waals surface area contributed by atoms with E-state index < -0.39 is 0 Å². The van der Waals surface area contributed by atoms with E-state index in [9.17, 15) is 0 Å². The number of aryl methyl sites for hydroxylation is 1. The zero-order chi connectivity index (χ0) is 21.6. The summed E-state index contributed by atoms with van der Waals surface area (Å²) in [5.41, 5.74) is 9.08. The summed E-state index contributed by atoms with van der Waals surface area (Å²) in [5.74, 6) is 1.16. The summed E-state index contributed by atoms with van der Waals surface area (Å²) in [6.45, 7) is 11.1. The largest absolute Gasteiger partial charge is 0.220 e. The van der Waals surface area contributed by atoms with Crippen LogP contribution in [0.3, 0.4) is 0 Å². The van der Waals surface area contributed by atoms with Crippen molar-refractivity contribution in [2.45, 2.75) is 78.6 Å². The average molecular weight is 388 g/mol. The van der Waals surface area contributed by atoms with Crippen molar-refractivity contribution >= 4 is 10.8 Å². The van der Waals surface area contributed by atoms with E-state index in [1.807, 2.05) is 0 Å². The normalized spacial score (nSPS) is 15.9. The lowest BCUT2D eigenvalue weighted by Gasteiger charge is -2.22. The highest BCUT2D eigenvalue weighted by Crippen LogP contribution is 2.37. The van der Waals surface area contributed by atoms with Crippen LogP contribution >= 0.6 is 0 Å². The van der Waals surface area contributed by atoms with E-state index in [1.165, 1.54) is 71.0 Å². The fourth-order valence-corrected chi connectivity index (χ4v) is 4.98. The molecular formula is C28H36N+. The third kappa shape index (κ3) is 3.72. The van der Waals surface area contributed by atoms with E-state index in [1.54, 1.807) is 0 Å². The van der Waals surface area contributed by atoms with Crippen molar-refractivity contribution in [3.63, 3.8) is 0 Å². The van der Waals surface area contributed by atoms with Gasteiger partial charge in [0.2, 0.25) is 5.69 Å².